The van der Waals surface area contributed by atoms with Crippen LogP contribution in [-0.4, -0.2) is 41.2 Å². The monoisotopic (exact) mass is 368 g/mol. The fraction of sp³-hybridized carbons (Fsp3) is 0.429. The molecule has 0 spiro atoms. The van der Waals surface area contributed by atoms with Crippen LogP contribution in [-0.2, 0) is 4.79 Å². The first kappa shape index (κ1) is 17.6. The van der Waals surface area contributed by atoms with Crippen LogP contribution in [0, 0.1) is 13.8 Å². The number of carbonyl (C=O) groups excluding carboxylic acids is 1. The van der Waals surface area contributed by atoms with E-state index in [0.29, 0.717) is 30.6 Å². The number of aryl methyl sites for hydroxylation is 2. The minimum Gasteiger partial charge on any atom is -0.486 e. The predicted octanol–water partition coefficient (Wildman–Crippen LogP) is 2.47. The minimum atomic E-state index is -0.0797. The van der Waals surface area contributed by atoms with E-state index in [9.17, 15) is 9.59 Å². The van der Waals surface area contributed by atoms with E-state index in [1.807, 2.05) is 48.7 Å². The lowest BCUT2D eigenvalue weighted by Crippen LogP contribution is -2.57. The Balaban J connectivity index is 1.26. The van der Waals surface area contributed by atoms with Gasteiger partial charge in [0.1, 0.15) is 17.6 Å². The molecule has 6 nitrogen and oxygen atoms in total. The van der Waals surface area contributed by atoms with E-state index in [0.717, 1.165) is 24.1 Å². The highest BCUT2D eigenvalue weighted by Gasteiger charge is 2.33. The summed E-state index contributed by atoms with van der Waals surface area (Å²) in [4.78, 5) is 26.1. The van der Waals surface area contributed by atoms with E-state index in [4.69, 9.17) is 9.47 Å². The van der Waals surface area contributed by atoms with Crippen LogP contribution >= 0.6 is 0 Å². The number of carbonyl (C=O) groups is 1. The van der Waals surface area contributed by atoms with Gasteiger partial charge in [-0.2, -0.15) is 0 Å². The van der Waals surface area contributed by atoms with Crippen molar-refractivity contribution in [3.63, 3.8) is 0 Å². The number of amides is 1. The van der Waals surface area contributed by atoms with Gasteiger partial charge < -0.3 is 18.9 Å². The van der Waals surface area contributed by atoms with Crippen LogP contribution in [0.15, 0.2) is 41.2 Å². The van der Waals surface area contributed by atoms with Gasteiger partial charge in [0.15, 0.2) is 6.61 Å². The highest BCUT2D eigenvalue weighted by atomic mass is 16.5. The van der Waals surface area contributed by atoms with Crippen molar-refractivity contribution in [2.45, 2.75) is 38.8 Å². The molecule has 1 aliphatic carbocycles. The number of benzene rings is 1. The molecule has 0 atom stereocenters. The van der Waals surface area contributed by atoms with Crippen molar-refractivity contribution in [2.75, 3.05) is 19.7 Å². The van der Waals surface area contributed by atoms with Crippen molar-refractivity contribution in [3.05, 3.63) is 58.0 Å². The highest BCUT2D eigenvalue weighted by Crippen LogP contribution is 2.35. The van der Waals surface area contributed by atoms with E-state index in [1.165, 1.54) is 0 Å². The van der Waals surface area contributed by atoms with E-state index in [-0.39, 0.29) is 24.2 Å². The molecule has 2 heterocycles. The van der Waals surface area contributed by atoms with Gasteiger partial charge in [0, 0.05) is 17.8 Å². The van der Waals surface area contributed by atoms with E-state index in [1.54, 1.807) is 11.0 Å². The van der Waals surface area contributed by atoms with Gasteiger partial charge >= 0.3 is 0 Å². The van der Waals surface area contributed by atoms with Crippen LogP contribution in [0.2, 0.25) is 0 Å². The summed E-state index contributed by atoms with van der Waals surface area (Å²) in [7, 11) is 0. The number of rotatable bonds is 6. The number of nitrogens with zero attached hydrogens (tertiary/aromatic N) is 2. The largest absolute Gasteiger partial charge is 0.486 e. The molecule has 1 aromatic heterocycles. The molecular formula is C21H24N2O4. The van der Waals surface area contributed by atoms with Gasteiger partial charge in [-0.05, 0) is 44.9 Å². The van der Waals surface area contributed by atoms with E-state index in [2.05, 4.69) is 0 Å². The number of hydrogen-bond acceptors (Lipinski definition) is 4. The fourth-order valence-electron chi connectivity index (χ4n) is 3.33. The van der Waals surface area contributed by atoms with Crippen molar-refractivity contribution < 1.29 is 14.3 Å². The Morgan fingerprint density at radius 3 is 2.41 bits per heavy atom. The van der Waals surface area contributed by atoms with Crippen LogP contribution in [0.3, 0.4) is 0 Å². The number of aromatic nitrogens is 1. The zero-order valence-electron chi connectivity index (χ0n) is 15.7. The summed E-state index contributed by atoms with van der Waals surface area (Å²) in [6.45, 7) is 4.99. The lowest BCUT2D eigenvalue weighted by molar-refractivity contribution is -0.142. The highest BCUT2D eigenvalue weighted by molar-refractivity contribution is 5.78. The van der Waals surface area contributed by atoms with Crippen LogP contribution in [0.5, 0.6) is 11.5 Å². The number of hydrogen-bond donors (Lipinski definition) is 0. The molecule has 0 radical (unpaired) electrons. The molecule has 1 aromatic carbocycles. The minimum absolute atomic E-state index is 0.00810. The average molecular weight is 368 g/mol. The zero-order valence-corrected chi connectivity index (χ0v) is 15.7. The molecule has 1 amide bonds. The summed E-state index contributed by atoms with van der Waals surface area (Å²) in [5.41, 5.74) is 2.07. The van der Waals surface area contributed by atoms with Crippen molar-refractivity contribution in [3.8, 4) is 11.5 Å². The molecule has 1 aliphatic heterocycles. The summed E-state index contributed by atoms with van der Waals surface area (Å²) in [6.07, 6.45) is 2.07. The van der Waals surface area contributed by atoms with Crippen LogP contribution in [0.1, 0.15) is 30.1 Å². The Morgan fingerprint density at radius 2 is 1.78 bits per heavy atom. The maximum atomic E-state index is 12.2. The Hall–Kier alpha value is -2.76. The van der Waals surface area contributed by atoms with Gasteiger partial charge in [0.05, 0.1) is 13.1 Å². The van der Waals surface area contributed by atoms with E-state index < -0.39 is 0 Å². The third-order valence-electron chi connectivity index (χ3n) is 5.03. The summed E-state index contributed by atoms with van der Waals surface area (Å²) in [5, 5.41) is 0. The second kappa shape index (κ2) is 7.10. The molecule has 0 N–H and O–H groups in total. The van der Waals surface area contributed by atoms with E-state index >= 15 is 0 Å². The fourth-order valence-corrected chi connectivity index (χ4v) is 3.33. The summed E-state index contributed by atoms with van der Waals surface area (Å²) in [6, 6.07) is 11.4. The Kier molecular flexibility index (Phi) is 4.64. The topological polar surface area (TPSA) is 60.8 Å². The molecule has 6 heteroatoms. The lowest BCUT2D eigenvalue weighted by atomic mass is 10.1. The summed E-state index contributed by atoms with van der Waals surface area (Å²) < 4.78 is 13.2. The number of likely N-dealkylation sites (tertiary alicyclic amines) is 1. The molecule has 4 rings (SSSR count). The third-order valence-corrected chi connectivity index (χ3v) is 5.03. The molecule has 0 unspecified atom stereocenters. The molecule has 2 aromatic rings. The predicted molar refractivity (Wildman–Crippen MR) is 101 cm³/mol. The molecule has 2 aliphatic rings. The quantitative estimate of drug-likeness (QED) is 0.786. The van der Waals surface area contributed by atoms with Gasteiger partial charge in [0.2, 0.25) is 0 Å². The molecule has 1 saturated heterocycles. The average Bonchev–Trinajstić information content (AvgIpc) is 3.41. The number of pyridine rings is 1. The molecular weight excluding hydrogens is 344 g/mol. The first-order valence-corrected chi connectivity index (χ1v) is 9.36. The van der Waals surface area contributed by atoms with Crippen LogP contribution in [0.4, 0.5) is 0 Å². The maximum Gasteiger partial charge on any atom is 0.260 e. The Morgan fingerprint density at radius 1 is 1.07 bits per heavy atom. The van der Waals surface area contributed by atoms with Crippen molar-refractivity contribution in [1.82, 2.24) is 9.47 Å². The van der Waals surface area contributed by atoms with Crippen LogP contribution in [0.25, 0.3) is 0 Å². The Bertz CT molecular complexity index is 893. The molecule has 1 saturated carbocycles. The molecule has 0 bridgehead atoms. The van der Waals surface area contributed by atoms with Crippen molar-refractivity contribution in [2.24, 2.45) is 0 Å². The molecule has 142 valence electrons. The van der Waals surface area contributed by atoms with Gasteiger partial charge in [-0.1, -0.05) is 17.7 Å². The maximum absolute atomic E-state index is 12.2. The van der Waals surface area contributed by atoms with Crippen molar-refractivity contribution >= 4 is 5.91 Å². The third kappa shape index (κ3) is 3.99. The molecule has 27 heavy (non-hydrogen) atoms. The summed E-state index contributed by atoms with van der Waals surface area (Å²) >= 11 is 0. The summed E-state index contributed by atoms with van der Waals surface area (Å²) in [5.74, 6) is 1.21. The van der Waals surface area contributed by atoms with Gasteiger partial charge in [-0.15, -0.1) is 0 Å². The smallest absolute Gasteiger partial charge is 0.260 e. The zero-order chi connectivity index (χ0) is 19.0. The number of ether oxygens (including phenoxy) is 2. The normalized spacial score (nSPS) is 16.7. The SMILES string of the molecule is Cc1ccc(OCC(=O)N2CC(Oc3cc(C)n(C4CC4)c(=O)c3)C2)cc1. The van der Waals surface area contributed by atoms with Gasteiger partial charge in [0.25, 0.3) is 11.5 Å². The first-order chi connectivity index (χ1) is 13.0. The standard InChI is InChI=1S/C21H24N2O4/c1-14-3-7-17(8-4-14)26-13-21(25)22-11-19(12-22)27-18-9-15(2)23(16-5-6-16)20(24)10-18/h3-4,7-10,16,19H,5-6,11-13H2,1-2H3. The lowest BCUT2D eigenvalue weighted by Gasteiger charge is -2.38. The second-order valence-electron chi connectivity index (χ2n) is 7.41. The van der Waals surface area contributed by atoms with Gasteiger partial charge in [-0.25, -0.2) is 0 Å². The van der Waals surface area contributed by atoms with Crippen LogP contribution < -0.4 is 15.0 Å². The Labute approximate surface area is 158 Å². The second-order valence-corrected chi connectivity index (χ2v) is 7.41. The molecule has 2 fully saturated rings. The van der Waals surface area contributed by atoms with Crippen molar-refractivity contribution in [1.29, 1.82) is 0 Å². The first-order valence-electron chi connectivity index (χ1n) is 9.36. The van der Waals surface area contributed by atoms with Gasteiger partial charge in [-0.3, -0.25) is 9.59 Å².